The van der Waals surface area contributed by atoms with Crippen molar-refractivity contribution in [1.29, 1.82) is 0 Å². The molecule has 7 nitrogen and oxygen atoms in total. The fraction of sp³-hybridized carbons (Fsp3) is 0.375. The Labute approximate surface area is 182 Å². The van der Waals surface area contributed by atoms with Crippen molar-refractivity contribution in [3.8, 4) is 0 Å². The number of hydrogen-bond acceptors (Lipinski definition) is 4. The van der Waals surface area contributed by atoms with Gasteiger partial charge in [0.05, 0.1) is 17.9 Å². The van der Waals surface area contributed by atoms with E-state index in [1.807, 2.05) is 61.5 Å². The van der Waals surface area contributed by atoms with Crippen LogP contribution in [0.1, 0.15) is 26.2 Å². The summed E-state index contributed by atoms with van der Waals surface area (Å²) in [5, 5.41) is 5.86. The minimum absolute atomic E-state index is 0.0244. The first kappa shape index (κ1) is 21.1. The van der Waals surface area contributed by atoms with Crippen LogP contribution < -0.4 is 15.5 Å². The fourth-order valence-electron chi connectivity index (χ4n) is 4.35. The van der Waals surface area contributed by atoms with Crippen LogP contribution in [0.2, 0.25) is 0 Å². The Bertz CT molecular complexity index is 954. The first-order valence-electron chi connectivity index (χ1n) is 10.8. The zero-order chi connectivity index (χ0) is 21.8. The van der Waals surface area contributed by atoms with Crippen molar-refractivity contribution in [2.24, 2.45) is 5.92 Å². The van der Waals surface area contributed by atoms with Crippen LogP contribution in [-0.4, -0.2) is 48.3 Å². The van der Waals surface area contributed by atoms with Crippen molar-refractivity contribution in [3.63, 3.8) is 0 Å². The zero-order valence-electron chi connectivity index (χ0n) is 17.7. The van der Waals surface area contributed by atoms with Gasteiger partial charge < -0.3 is 15.5 Å². The molecular formula is C24H28N4O3. The average molecular weight is 421 g/mol. The molecule has 1 saturated heterocycles. The molecule has 2 aliphatic rings. The van der Waals surface area contributed by atoms with Crippen LogP contribution in [-0.2, 0) is 14.4 Å². The largest absolute Gasteiger partial charge is 0.326 e. The first-order valence-corrected chi connectivity index (χ1v) is 10.8. The zero-order valence-corrected chi connectivity index (χ0v) is 17.7. The van der Waals surface area contributed by atoms with Crippen molar-refractivity contribution in [3.05, 3.63) is 54.6 Å². The van der Waals surface area contributed by atoms with Gasteiger partial charge >= 0.3 is 0 Å². The highest BCUT2D eigenvalue weighted by atomic mass is 16.2. The summed E-state index contributed by atoms with van der Waals surface area (Å²) in [6, 6.07) is 16.7. The molecule has 0 aliphatic carbocycles. The molecule has 3 amide bonds. The minimum Gasteiger partial charge on any atom is -0.326 e. The fourth-order valence-corrected chi connectivity index (χ4v) is 4.35. The lowest BCUT2D eigenvalue weighted by molar-refractivity contribution is -0.122. The summed E-state index contributed by atoms with van der Waals surface area (Å²) in [4.78, 5) is 41.8. The number of nitrogens with zero attached hydrogens (tertiary/aromatic N) is 2. The van der Waals surface area contributed by atoms with E-state index in [1.54, 1.807) is 4.90 Å². The van der Waals surface area contributed by atoms with E-state index in [4.69, 9.17) is 0 Å². The van der Waals surface area contributed by atoms with E-state index in [0.717, 1.165) is 24.2 Å². The van der Waals surface area contributed by atoms with Crippen LogP contribution in [0.3, 0.4) is 0 Å². The number of carbonyl (C=O) groups excluding carboxylic acids is 3. The summed E-state index contributed by atoms with van der Waals surface area (Å²) in [6.45, 7) is 3.57. The molecule has 1 unspecified atom stereocenters. The summed E-state index contributed by atoms with van der Waals surface area (Å²) in [5.41, 5.74) is 2.21. The molecule has 2 heterocycles. The molecule has 1 fully saturated rings. The van der Waals surface area contributed by atoms with Crippen LogP contribution in [0, 0.1) is 5.92 Å². The predicted molar refractivity (Wildman–Crippen MR) is 121 cm³/mol. The number of para-hydroxylation sites is 3. The van der Waals surface area contributed by atoms with Gasteiger partial charge in [-0.3, -0.25) is 19.3 Å². The molecule has 1 atom stereocenters. The predicted octanol–water partition coefficient (Wildman–Crippen LogP) is 3.10. The summed E-state index contributed by atoms with van der Waals surface area (Å²) >= 11 is 0. The lowest BCUT2D eigenvalue weighted by atomic mass is 9.95. The molecule has 31 heavy (non-hydrogen) atoms. The summed E-state index contributed by atoms with van der Waals surface area (Å²) in [7, 11) is 0. The molecule has 0 spiro atoms. The maximum Gasteiger partial charge on any atom is 0.241 e. The van der Waals surface area contributed by atoms with Crippen LogP contribution in [0.4, 0.5) is 17.1 Å². The lowest BCUT2D eigenvalue weighted by Gasteiger charge is -2.34. The Morgan fingerprint density at radius 1 is 1.03 bits per heavy atom. The van der Waals surface area contributed by atoms with Crippen LogP contribution >= 0.6 is 0 Å². The number of piperidine rings is 1. The molecule has 2 aromatic carbocycles. The number of anilines is 3. The van der Waals surface area contributed by atoms with Crippen LogP contribution in [0.5, 0.6) is 0 Å². The van der Waals surface area contributed by atoms with Gasteiger partial charge in [0, 0.05) is 24.1 Å². The molecule has 4 rings (SSSR count). The van der Waals surface area contributed by atoms with Crippen molar-refractivity contribution >= 4 is 34.8 Å². The van der Waals surface area contributed by atoms with Crippen LogP contribution in [0.25, 0.3) is 0 Å². The van der Waals surface area contributed by atoms with Gasteiger partial charge in [-0.2, -0.15) is 0 Å². The number of hydrogen-bond donors (Lipinski definition) is 2. The monoisotopic (exact) mass is 420 g/mol. The molecule has 7 heteroatoms. The van der Waals surface area contributed by atoms with E-state index in [0.29, 0.717) is 18.8 Å². The Morgan fingerprint density at radius 3 is 2.45 bits per heavy atom. The lowest BCUT2D eigenvalue weighted by Crippen LogP contribution is -2.47. The van der Waals surface area contributed by atoms with Crippen LogP contribution in [0.15, 0.2) is 54.6 Å². The summed E-state index contributed by atoms with van der Waals surface area (Å²) in [6.07, 6.45) is 1.71. The quantitative estimate of drug-likeness (QED) is 0.796. The van der Waals surface area contributed by atoms with Gasteiger partial charge in [0.25, 0.3) is 0 Å². The van der Waals surface area contributed by atoms with E-state index < -0.39 is 0 Å². The Hall–Kier alpha value is -3.19. The van der Waals surface area contributed by atoms with E-state index in [2.05, 4.69) is 15.5 Å². The highest BCUT2D eigenvalue weighted by Crippen LogP contribution is 2.31. The third kappa shape index (κ3) is 4.94. The smallest absolute Gasteiger partial charge is 0.241 e. The number of rotatable bonds is 4. The van der Waals surface area contributed by atoms with Crippen molar-refractivity contribution in [2.75, 3.05) is 35.2 Å². The number of amides is 3. The van der Waals surface area contributed by atoms with Gasteiger partial charge in [-0.05, 0) is 57.1 Å². The molecule has 162 valence electrons. The van der Waals surface area contributed by atoms with Crippen molar-refractivity contribution in [2.45, 2.75) is 32.2 Å². The Balaban J connectivity index is 1.36. The normalized spacial score (nSPS) is 19.8. The van der Waals surface area contributed by atoms with Gasteiger partial charge in [-0.1, -0.05) is 30.3 Å². The molecule has 0 saturated carbocycles. The third-order valence-electron chi connectivity index (χ3n) is 5.99. The molecular weight excluding hydrogens is 392 g/mol. The van der Waals surface area contributed by atoms with Crippen molar-refractivity contribution in [1.82, 2.24) is 4.90 Å². The standard InChI is InChI=1S/C24H28N4O3/c1-17-15-22(29)26-20-9-5-6-10-21(20)28(17)23(30)16-27-13-11-18(12-14-27)24(31)25-19-7-3-2-4-8-19/h2-10,17-18H,11-16H2,1H3,(H,25,31)(H,26,29). The Kier molecular flexibility index (Phi) is 6.32. The van der Waals surface area contributed by atoms with Gasteiger partial charge in [0.2, 0.25) is 17.7 Å². The maximum absolute atomic E-state index is 13.2. The highest BCUT2D eigenvalue weighted by molar-refractivity contribution is 6.05. The number of carbonyl (C=O) groups is 3. The average Bonchev–Trinajstić information content (AvgIpc) is 2.89. The third-order valence-corrected chi connectivity index (χ3v) is 5.99. The summed E-state index contributed by atoms with van der Waals surface area (Å²) < 4.78 is 0. The number of likely N-dealkylation sites (tertiary alicyclic amines) is 1. The van der Waals surface area contributed by atoms with E-state index in [9.17, 15) is 14.4 Å². The topological polar surface area (TPSA) is 81.8 Å². The van der Waals surface area contributed by atoms with E-state index >= 15 is 0 Å². The maximum atomic E-state index is 13.2. The van der Waals surface area contributed by atoms with Gasteiger partial charge in [-0.25, -0.2) is 0 Å². The Morgan fingerprint density at radius 2 is 1.71 bits per heavy atom. The van der Waals surface area contributed by atoms with Gasteiger partial charge in [-0.15, -0.1) is 0 Å². The molecule has 0 radical (unpaired) electrons. The second-order valence-electron chi connectivity index (χ2n) is 8.29. The second-order valence-corrected chi connectivity index (χ2v) is 8.29. The molecule has 0 bridgehead atoms. The highest BCUT2D eigenvalue weighted by Gasteiger charge is 2.32. The molecule has 2 aliphatic heterocycles. The van der Waals surface area contributed by atoms with Gasteiger partial charge in [0.1, 0.15) is 0 Å². The van der Waals surface area contributed by atoms with E-state index in [1.165, 1.54) is 0 Å². The number of nitrogens with one attached hydrogen (secondary N) is 2. The minimum atomic E-state index is -0.217. The van der Waals surface area contributed by atoms with Gasteiger partial charge in [0.15, 0.2) is 0 Å². The second kappa shape index (κ2) is 9.31. The number of benzene rings is 2. The molecule has 0 aromatic heterocycles. The molecule has 2 N–H and O–H groups in total. The first-order chi connectivity index (χ1) is 15.0. The summed E-state index contributed by atoms with van der Waals surface area (Å²) in [5.74, 6) is -0.118. The SMILES string of the molecule is CC1CC(=O)Nc2ccccc2N1C(=O)CN1CCC(C(=O)Nc2ccccc2)CC1. The number of fused-ring (bicyclic) bond motifs is 1. The van der Waals surface area contributed by atoms with Crippen molar-refractivity contribution < 1.29 is 14.4 Å². The van der Waals surface area contributed by atoms with E-state index in [-0.39, 0.29) is 42.6 Å². The molecule has 2 aromatic rings.